The van der Waals surface area contributed by atoms with Gasteiger partial charge in [-0.25, -0.2) is 4.79 Å². The number of allylic oxidation sites excluding steroid dienone is 2. The minimum Gasteiger partial charge on any atom is -0.466 e. The van der Waals surface area contributed by atoms with Gasteiger partial charge in [0.15, 0.2) is 0 Å². The van der Waals surface area contributed by atoms with Crippen LogP contribution in [0.15, 0.2) is 46.4 Å². The highest BCUT2D eigenvalue weighted by Gasteiger charge is 2.54. The van der Waals surface area contributed by atoms with E-state index < -0.39 is 11.9 Å². The molecule has 1 unspecified atom stereocenters. The number of dihydropyridines is 1. The smallest absolute Gasteiger partial charge is 0.336 e. The molecule has 1 N–H and O–H groups in total. The Kier molecular flexibility index (Phi) is 5.82. The number of aromatic nitrogens is 1. The SMILES string of the molecule is COC(=O)C1=C(C)NC(SCC(=O)C23CC4CC(CC(C4)C2)C3)=C(C#N)C1c1cccnc1. The van der Waals surface area contributed by atoms with Crippen molar-refractivity contribution in [3.63, 3.8) is 0 Å². The van der Waals surface area contributed by atoms with Crippen LogP contribution in [0.4, 0.5) is 0 Å². The minimum absolute atomic E-state index is 0.158. The van der Waals surface area contributed by atoms with Crippen molar-refractivity contribution in [2.24, 2.45) is 23.2 Å². The third kappa shape index (κ3) is 3.89. The second kappa shape index (κ2) is 8.64. The zero-order valence-corrected chi connectivity index (χ0v) is 19.9. The van der Waals surface area contributed by atoms with Gasteiger partial charge in [-0.1, -0.05) is 17.8 Å². The number of nitriles is 1. The second-order valence-corrected chi connectivity index (χ2v) is 11.1. The van der Waals surface area contributed by atoms with E-state index in [1.807, 2.05) is 13.0 Å². The van der Waals surface area contributed by atoms with E-state index in [2.05, 4.69) is 16.4 Å². The van der Waals surface area contributed by atoms with Crippen molar-refractivity contribution in [2.75, 3.05) is 12.9 Å². The summed E-state index contributed by atoms with van der Waals surface area (Å²) in [5.41, 5.74) is 2.06. The van der Waals surface area contributed by atoms with Crippen molar-refractivity contribution in [1.29, 1.82) is 5.26 Å². The van der Waals surface area contributed by atoms with Crippen LogP contribution < -0.4 is 5.32 Å². The number of nitrogens with one attached hydrogen (secondary N) is 1. The molecule has 6 nitrogen and oxygen atoms in total. The molecule has 33 heavy (non-hydrogen) atoms. The average Bonchev–Trinajstić information content (AvgIpc) is 2.81. The number of rotatable bonds is 6. The Morgan fingerprint density at radius 3 is 2.45 bits per heavy atom. The van der Waals surface area contributed by atoms with E-state index in [0.717, 1.165) is 42.6 Å². The molecular weight excluding hydrogens is 434 g/mol. The minimum atomic E-state index is -0.574. The molecule has 1 aliphatic heterocycles. The molecular formula is C26H29N3O3S. The van der Waals surface area contributed by atoms with Crippen LogP contribution in [-0.2, 0) is 14.3 Å². The molecule has 0 amide bonds. The number of nitrogens with zero attached hydrogens (tertiary/aromatic N) is 2. The molecule has 4 bridgehead atoms. The van der Waals surface area contributed by atoms with Gasteiger partial charge in [0, 0.05) is 23.5 Å². The Hall–Kier alpha value is -2.59. The van der Waals surface area contributed by atoms with E-state index in [1.54, 1.807) is 18.5 Å². The third-order valence-electron chi connectivity index (χ3n) is 8.05. The number of hydrogen-bond acceptors (Lipinski definition) is 7. The van der Waals surface area contributed by atoms with E-state index in [9.17, 15) is 14.9 Å². The van der Waals surface area contributed by atoms with Gasteiger partial charge in [0.2, 0.25) is 0 Å². The van der Waals surface area contributed by atoms with Gasteiger partial charge in [-0.15, -0.1) is 0 Å². The number of esters is 1. The number of Topliss-reactive ketones (excluding diaryl/α,β-unsaturated/α-hetero) is 1. The summed E-state index contributed by atoms with van der Waals surface area (Å²) in [4.78, 5) is 30.3. The van der Waals surface area contributed by atoms with E-state index in [4.69, 9.17) is 4.74 Å². The number of ketones is 1. The Labute approximate surface area is 198 Å². The normalized spacial score (nSPS) is 32.4. The Balaban J connectivity index is 1.42. The maximum absolute atomic E-state index is 13.5. The highest BCUT2D eigenvalue weighted by molar-refractivity contribution is 8.03. The fourth-order valence-corrected chi connectivity index (χ4v) is 8.16. The standard InChI is InChI=1S/C26H29N3O3S/c1-15-22(25(31)32-2)23(19-4-3-5-28-13-19)20(12-27)24(29-15)33-14-21(30)26-9-16-6-17(10-26)8-18(7-16)11-26/h3-5,13,16-18,23,29H,6-11,14H2,1-2H3. The quantitative estimate of drug-likeness (QED) is 0.622. The van der Waals surface area contributed by atoms with Gasteiger partial charge in [-0.2, -0.15) is 5.26 Å². The Morgan fingerprint density at radius 1 is 1.24 bits per heavy atom. The molecule has 4 saturated carbocycles. The number of ether oxygens (including phenoxy) is 1. The molecule has 0 radical (unpaired) electrons. The van der Waals surface area contributed by atoms with Crippen molar-refractivity contribution in [3.05, 3.63) is 52.0 Å². The second-order valence-electron chi connectivity index (χ2n) is 10.1. The van der Waals surface area contributed by atoms with Crippen molar-refractivity contribution < 1.29 is 14.3 Å². The van der Waals surface area contributed by atoms with Crippen LogP contribution in [0.25, 0.3) is 0 Å². The van der Waals surface area contributed by atoms with Gasteiger partial charge in [-0.05, 0) is 74.8 Å². The van der Waals surface area contributed by atoms with Crippen LogP contribution in [-0.4, -0.2) is 29.6 Å². The number of carbonyl (C=O) groups excluding carboxylic acids is 2. The van der Waals surface area contributed by atoms with Crippen molar-refractivity contribution >= 4 is 23.5 Å². The van der Waals surface area contributed by atoms with Gasteiger partial charge in [-0.3, -0.25) is 9.78 Å². The summed E-state index contributed by atoms with van der Waals surface area (Å²) in [6.45, 7) is 1.81. The number of pyridine rings is 1. The maximum atomic E-state index is 13.5. The summed E-state index contributed by atoms with van der Waals surface area (Å²) >= 11 is 1.40. The first-order chi connectivity index (χ1) is 15.9. The van der Waals surface area contributed by atoms with E-state index >= 15 is 0 Å². The van der Waals surface area contributed by atoms with Crippen LogP contribution in [0.2, 0.25) is 0 Å². The van der Waals surface area contributed by atoms with E-state index in [1.165, 1.54) is 38.1 Å². The first-order valence-corrected chi connectivity index (χ1v) is 12.7. The predicted octanol–water partition coefficient (Wildman–Crippen LogP) is 4.47. The Bertz CT molecular complexity index is 1050. The highest BCUT2D eigenvalue weighted by Crippen LogP contribution is 2.60. The number of methoxy groups -OCH3 is 1. The zero-order valence-electron chi connectivity index (χ0n) is 19.1. The first-order valence-electron chi connectivity index (χ1n) is 11.7. The average molecular weight is 464 g/mol. The molecule has 0 spiro atoms. The van der Waals surface area contributed by atoms with Gasteiger partial charge in [0.25, 0.3) is 0 Å². The topological polar surface area (TPSA) is 92.1 Å². The van der Waals surface area contributed by atoms with Gasteiger partial charge in [0.05, 0.1) is 41.0 Å². The molecule has 6 rings (SSSR count). The molecule has 0 saturated heterocycles. The summed E-state index contributed by atoms with van der Waals surface area (Å²) in [6, 6.07) is 5.96. The number of hydrogen-bond donors (Lipinski definition) is 1. The fraction of sp³-hybridized carbons (Fsp3) is 0.538. The van der Waals surface area contributed by atoms with Gasteiger partial charge < -0.3 is 10.1 Å². The van der Waals surface area contributed by atoms with Crippen LogP contribution >= 0.6 is 11.8 Å². The molecule has 1 aromatic heterocycles. The van der Waals surface area contributed by atoms with Crippen molar-refractivity contribution in [1.82, 2.24) is 10.3 Å². The molecule has 4 aliphatic carbocycles. The number of carbonyl (C=O) groups is 2. The summed E-state index contributed by atoms with van der Waals surface area (Å²) < 4.78 is 5.03. The molecule has 4 fully saturated rings. The first kappa shape index (κ1) is 22.2. The van der Waals surface area contributed by atoms with Crippen LogP contribution in [0.1, 0.15) is 56.9 Å². The van der Waals surface area contributed by atoms with Crippen LogP contribution in [0, 0.1) is 34.5 Å². The molecule has 2 heterocycles. The monoisotopic (exact) mass is 463 g/mol. The van der Waals surface area contributed by atoms with Gasteiger partial charge >= 0.3 is 5.97 Å². The summed E-state index contributed by atoms with van der Waals surface area (Å²) in [5, 5.41) is 14.0. The third-order valence-corrected chi connectivity index (χ3v) is 9.07. The van der Waals surface area contributed by atoms with Crippen LogP contribution in [0.3, 0.4) is 0 Å². The van der Waals surface area contributed by atoms with Gasteiger partial charge in [0.1, 0.15) is 5.78 Å². The maximum Gasteiger partial charge on any atom is 0.336 e. The Morgan fingerprint density at radius 2 is 1.91 bits per heavy atom. The summed E-state index contributed by atoms with van der Waals surface area (Å²) in [6.07, 6.45) is 10.4. The van der Waals surface area contributed by atoms with Crippen LogP contribution in [0.5, 0.6) is 0 Å². The largest absolute Gasteiger partial charge is 0.466 e. The molecule has 1 atom stereocenters. The molecule has 0 aromatic carbocycles. The molecule has 1 aromatic rings. The zero-order chi connectivity index (χ0) is 23.2. The lowest BCUT2D eigenvalue weighted by atomic mass is 9.48. The summed E-state index contributed by atoms with van der Waals surface area (Å²) in [7, 11) is 1.34. The lowest BCUT2D eigenvalue weighted by Crippen LogP contribution is -2.50. The number of thioether (sulfide) groups is 1. The predicted molar refractivity (Wildman–Crippen MR) is 126 cm³/mol. The summed E-state index contributed by atoms with van der Waals surface area (Å²) in [5.74, 6) is 1.78. The van der Waals surface area contributed by atoms with E-state index in [0.29, 0.717) is 33.4 Å². The lowest BCUT2D eigenvalue weighted by molar-refractivity contribution is -0.141. The molecule has 7 heteroatoms. The van der Waals surface area contributed by atoms with Crippen molar-refractivity contribution in [3.8, 4) is 6.07 Å². The van der Waals surface area contributed by atoms with Crippen molar-refractivity contribution in [2.45, 2.75) is 51.4 Å². The molecule has 5 aliphatic rings. The fourth-order valence-electron chi connectivity index (χ4n) is 7.03. The lowest BCUT2D eigenvalue weighted by Gasteiger charge is -2.56. The molecule has 172 valence electrons. The van der Waals surface area contributed by atoms with E-state index in [-0.39, 0.29) is 5.41 Å². The highest BCUT2D eigenvalue weighted by atomic mass is 32.2.